The molecule has 0 heterocycles. The minimum atomic E-state index is -1.30. The van der Waals surface area contributed by atoms with E-state index in [9.17, 15) is 19.7 Å². The predicted molar refractivity (Wildman–Crippen MR) is 67.3 cm³/mol. The standard InChI is InChI=1S/C10H10BN3O5/c11-10(17)13-7(9(15)16)5-12-6-3-1-2-4-8(6)14(18)19/h1-4,7,12H,5H2,(H,13,17)(H,15,16)/t7-/m0/s1. The molecule has 3 N–H and O–H groups in total. The first-order valence-corrected chi connectivity index (χ1v) is 5.18. The summed E-state index contributed by atoms with van der Waals surface area (Å²) in [7, 11) is 4.83. The molecule has 0 aliphatic heterocycles. The molecule has 1 amide bonds. The quantitative estimate of drug-likeness (QED) is 0.386. The van der Waals surface area contributed by atoms with Crippen molar-refractivity contribution in [1.29, 1.82) is 0 Å². The molecule has 1 rings (SSSR count). The Labute approximate surface area is 109 Å². The summed E-state index contributed by atoms with van der Waals surface area (Å²) in [5.74, 6) is -2.29. The van der Waals surface area contributed by atoms with Crippen LogP contribution in [0, 0.1) is 10.1 Å². The van der Waals surface area contributed by atoms with E-state index in [1.165, 1.54) is 18.2 Å². The number of nitro benzene ring substituents is 1. The Morgan fingerprint density at radius 1 is 1.42 bits per heavy atom. The number of para-hydroxylation sites is 2. The van der Waals surface area contributed by atoms with Gasteiger partial charge in [-0.05, 0) is 6.07 Å². The maximum Gasteiger partial charge on any atom is 0.328 e. The van der Waals surface area contributed by atoms with Gasteiger partial charge in [0.2, 0.25) is 7.85 Å². The van der Waals surface area contributed by atoms with E-state index in [4.69, 9.17) is 13.0 Å². The number of rotatable bonds is 6. The van der Waals surface area contributed by atoms with Crippen molar-refractivity contribution < 1.29 is 19.6 Å². The molecule has 1 aromatic carbocycles. The minimum absolute atomic E-state index is 0.157. The predicted octanol–water partition coefficient (Wildman–Crippen LogP) is 0.338. The zero-order valence-electron chi connectivity index (χ0n) is 9.70. The summed E-state index contributed by atoms with van der Waals surface area (Å²) in [5, 5.41) is 24.2. The maximum atomic E-state index is 10.8. The fraction of sp³-hybridized carbons (Fsp3) is 0.200. The van der Waals surface area contributed by atoms with E-state index in [2.05, 4.69) is 5.32 Å². The van der Waals surface area contributed by atoms with Crippen LogP contribution in [0.2, 0.25) is 0 Å². The van der Waals surface area contributed by atoms with Crippen molar-refractivity contribution >= 4 is 31.0 Å². The summed E-state index contributed by atoms with van der Waals surface area (Å²) in [6.07, 6.45) is 0. The lowest BCUT2D eigenvalue weighted by molar-refractivity contribution is -0.384. The van der Waals surface area contributed by atoms with Crippen molar-refractivity contribution in [2.24, 2.45) is 0 Å². The van der Waals surface area contributed by atoms with Gasteiger partial charge < -0.3 is 15.7 Å². The first kappa shape index (κ1) is 14.5. The van der Waals surface area contributed by atoms with Crippen molar-refractivity contribution in [3.8, 4) is 0 Å². The van der Waals surface area contributed by atoms with Gasteiger partial charge in [0.15, 0.2) is 5.81 Å². The highest BCUT2D eigenvalue weighted by Crippen LogP contribution is 2.22. The molecule has 1 atom stereocenters. The third-order valence-electron chi connectivity index (χ3n) is 2.21. The van der Waals surface area contributed by atoms with Crippen molar-refractivity contribution in [3.63, 3.8) is 0 Å². The second-order valence-electron chi connectivity index (χ2n) is 3.55. The molecule has 0 fully saturated rings. The highest BCUT2D eigenvalue weighted by molar-refractivity contribution is 6.57. The summed E-state index contributed by atoms with van der Waals surface area (Å²) in [6.45, 7) is -0.233. The van der Waals surface area contributed by atoms with E-state index in [1.54, 1.807) is 6.07 Å². The topological polar surface area (TPSA) is 122 Å². The second-order valence-corrected chi connectivity index (χ2v) is 3.55. The van der Waals surface area contributed by atoms with Crippen LogP contribution in [-0.2, 0) is 4.79 Å². The smallest absolute Gasteiger partial charge is 0.328 e. The van der Waals surface area contributed by atoms with Gasteiger partial charge in [-0.3, -0.25) is 14.9 Å². The molecule has 0 aromatic heterocycles. The normalized spacial score (nSPS) is 11.4. The second kappa shape index (κ2) is 6.38. The van der Waals surface area contributed by atoms with Crippen molar-refractivity contribution in [3.05, 3.63) is 34.4 Å². The first-order chi connectivity index (χ1) is 8.91. The van der Waals surface area contributed by atoms with Gasteiger partial charge in [-0.25, -0.2) is 4.79 Å². The van der Waals surface area contributed by atoms with Gasteiger partial charge in [0, 0.05) is 12.6 Å². The molecule has 0 saturated carbocycles. The summed E-state index contributed by atoms with van der Waals surface area (Å²) in [5.41, 5.74) is -0.0317. The van der Waals surface area contributed by atoms with Crippen LogP contribution >= 0.6 is 0 Å². The molecule has 8 nitrogen and oxygen atoms in total. The van der Waals surface area contributed by atoms with Gasteiger partial charge >= 0.3 is 5.97 Å². The molecule has 0 spiro atoms. The average Bonchev–Trinajstić information content (AvgIpc) is 2.34. The highest BCUT2D eigenvalue weighted by Gasteiger charge is 2.19. The molecule has 0 unspecified atom stereocenters. The van der Waals surface area contributed by atoms with Crippen LogP contribution in [0.25, 0.3) is 0 Å². The van der Waals surface area contributed by atoms with Crippen LogP contribution in [0.3, 0.4) is 0 Å². The Morgan fingerprint density at radius 3 is 2.58 bits per heavy atom. The third kappa shape index (κ3) is 4.30. The van der Waals surface area contributed by atoms with E-state index in [0.717, 1.165) is 0 Å². The number of amides is 1. The largest absolute Gasteiger partial charge is 0.480 e. The van der Waals surface area contributed by atoms with E-state index in [1.807, 2.05) is 5.32 Å². The lowest BCUT2D eigenvalue weighted by Gasteiger charge is -2.15. The summed E-state index contributed by atoms with van der Waals surface area (Å²) >= 11 is 0. The number of nitro groups is 1. The number of anilines is 1. The highest BCUT2D eigenvalue weighted by atomic mass is 16.6. The van der Waals surface area contributed by atoms with Gasteiger partial charge in [0.1, 0.15) is 11.7 Å². The van der Waals surface area contributed by atoms with Gasteiger partial charge in [-0.1, -0.05) is 12.1 Å². The number of nitrogens with one attached hydrogen (secondary N) is 2. The van der Waals surface area contributed by atoms with Crippen LogP contribution in [0.5, 0.6) is 0 Å². The Balaban J connectivity index is 2.77. The molecule has 2 radical (unpaired) electrons. The monoisotopic (exact) mass is 263 g/mol. The van der Waals surface area contributed by atoms with Crippen LogP contribution in [0.15, 0.2) is 24.3 Å². The van der Waals surface area contributed by atoms with Gasteiger partial charge in [-0.15, -0.1) is 0 Å². The number of aliphatic carboxylic acids is 1. The van der Waals surface area contributed by atoms with Gasteiger partial charge in [0.05, 0.1) is 4.92 Å². The number of nitrogens with zero attached hydrogens (tertiary/aromatic N) is 1. The number of benzene rings is 1. The van der Waals surface area contributed by atoms with E-state index >= 15 is 0 Å². The summed E-state index contributed by atoms with van der Waals surface area (Å²) in [4.78, 5) is 31.6. The average molecular weight is 263 g/mol. The van der Waals surface area contributed by atoms with E-state index < -0.39 is 22.7 Å². The van der Waals surface area contributed by atoms with E-state index in [-0.39, 0.29) is 17.9 Å². The lowest BCUT2D eigenvalue weighted by Crippen LogP contribution is -2.44. The number of hydrogen-bond donors (Lipinski definition) is 3. The fourth-order valence-electron chi connectivity index (χ4n) is 1.37. The van der Waals surface area contributed by atoms with Crippen molar-refractivity contribution in [1.82, 2.24) is 5.32 Å². The zero-order valence-corrected chi connectivity index (χ0v) is 9.70. The molecule has 0 aliphatic carbocycles. The molecule has 9 heteroatoms. The number of carbonyl (C=O) groups excluding carboxylic acids is 1. The van der Waals surface area contributed by atoms with Crippen LogP contribution in [0.4, 0.5) is 16.2 Å². The van der Waals surface area contributed by atoms with Crippen molar-refractivity contribution in [2.75, 3.05) is 11.9 Å². The Bertz CT molecular complexity index is 508. The molecule has 1 aromatic rings. The first-order valence-electron chi connectivity index (χ1n) is 5.18. The molecular formula is C10H10BN3O5. The van der Waals surface area contributed by atoms with Gasteiger partial charge in [-0.2, -0.15) is 0 Å². The molecule has 0 aliphatic rings. The van der Waals surface area contributed by atoms with Crippen molar-refractivity contribution in [2.45, 2.75) is 6.04 Å². The summed E-state index contributed by atoms with van der Waals surface area (Å²) in [6, 6.07) is 4.48. The molecule has 19 heavy (non-hydrogen) atoms. The number of carbonyl (C=O) groups is 2. The number of carboxylic acids is 1. The minimum Gasteiger partial charge on any atom is -0.480 e. The Morgan fingerprint density at radius 2 is 2.05 bits per heavy atom. The zero-order chi connectivity index (χ0) is 14.4. The SMILES string of the molecule is [B]C(=O)N[C@@H](CNc1ccccc1[N+](=O)[O-])C(=O)O. The number of hydrogen-bond acceptors (Lipinski definition) is 5. The number of carboxylic acid groups (broad SMARTS) is 1. The third-order valence-corrected chi connectivity index (χ3v) is 2.21. The van der Waals surface area contributed by atoms with Crippen LogP contribution in [0.1, 0.15) is 0 Å². The molecule has 0 saturated heterocycles. The molecule has 98 valence electrons. The van der Waals surface area contributed by atoms with Gasteiger partial charge in [0.25, 0.3) is 5.69 Å². The fourth-order valence-corrected chi connectivity index (χ4v) is 1.37. The Hall–Kier alpha value is -2.58. The molecular weight excluding hydrogens is 253 g/mol. The van der Waals surface area contributed by atoms with Crippen LogP contribution in [-0.4, -0.2) is 42.2 Å². The molecule has 0 bridgehead atoms. The summed E-state index contributed by atoms with van der Waals surface area (Å²) < 4.78 is 0. The maximum absolute atomic E-state index is 10.8. The van der Waals surface area contributed by atoms with Crippen LogP contribution < -0.4 is 10.6 Å². The van der Waals surface area contributed by atoms with E-state index in [0.29, 0.717) is 0 Å². The Kier molecular flexibility index (Phi) is 4.87. The lowest BCUT2D eigenvalue weighted by atomic mass is 10.1.